The van der Waals surface area contributed by atoms with Crippen molar-refractivity contribution >= 4 is 23.2 Å². The van der Waals surface area contributed by atoms with Gasteiger partial charge in [0.2, 0.25) is 5.78 Å². The van der Waals surface area contributed by atoms with Crippen molar-refractivity contribution in [2.75, 3.05) is 20.2 Å². The maximum Gasteiger partial charge on any atom is 0.325 e. The number of esters is 1. The number of ether oxygens (including phenoxy) is 1. The molecule has 0 aliphatic carbocycles. The van der Waals surface area contributed by atoms with E-state index in [4.69, 9.17) is 4.74 Å². The molecule has 228 valence electrons. The molecule has 2 aromatic heterocycles. The third-order valence-corrected chi connectivity index (χ3v) is 7.87. The highest BCUT2D eigenvalue weighted by Crippen LogP contribution is 2.24. The second-order valence-electron chi connectivity index (χ2n) is 11.6. The molecule has 0 aliphatic rings. The van der Waals surface area contributed by atoms with Crippen molar-refractivity contribution in [3.05, 3.63) is 76.6 Å². The molecule has 3 aromatic rings. The summed E-state index contributed by atoms with van der Waals surface area (Å²) < 4.78 is 6.68. The smallest absolute Gasteiger partial charge is 0.325 e. The lowest BCUT2D eigenvalue weighted by Crippen LogP contribution is -2.41. The van der Waals surface area contributed by atoms with Gasteiger partial charge in [-0.25, -0.2) is 0 Å². The van der Waals surface area contributed by atoms with Crippen molar-refractivity contribution < 1.29 is 19.1 Å². The number of nitrogens with zero attached hydrogens (tertiary/aromatic N) is 2. The summed E-state index contributed by atoms with van der Waals surface area (Å²) >= 11 is 0. The van der Waals surface area contributed by atoms with E-state index >= 15 is 0 Å². The first-order valence-electron chi connectivity index (χ1n) is 15.6. The Kier molecular flexibility index (Phi) is 12.8. The van der Waals surface area contributed by atoms with Gasteiger partial charge in [-0.2, -0.15) is 0 Å². The van der Waals surface area contributed by atoms with Crippen molar-refractivity contribution in [2.45, 2.75) is 98.1 Å². The molecule has 0 bridgehead atoms. The third-order valence-electron chi connectivity index (χ3n) is 7.87. The normalized spacial score (nSPS) is 12.1. The lowest BCUT2D eigenvalue weighted by molar-refractivity contribution is -0.141. The number of carbonyl (C=O) groups excluding carboxylic acids is 3. The first-order chi connectivity index (χ1) is 20.2. The Labute approximate surface area is 251 Å². The van der Waals surface area contributed by atoms with Gasteiger partial charge >= 0.3 is 5.97 Å². The SMILES string of the molecule is CCCCc1cc2cc(C(=O)N(CC(=O)OC)C(C)C)ccn2c1C(=O)c1ccc(CCCNC(C)CCCC)cc1. The lowest BCUT2D eigenvalue weighted by atomic mass is 10.00. The van der Waals surface area contributed by atoms with Crippen LogP contribution in [0.1, 0.15) is 111 Å². The van der Waals surface area contributed by atoms with Crippen LogP contribution in [0, 0.1) is 0 Å². The fraction of sp³-hybridized carbons (Fsp3) is 0.514. The monoisotopic (exact) mass is 575 g/mol. The Hall–Kier alpha value is -3.45. The number of hydrogen-bond acceptors (Lipinski definition) is 5. The molecule has 0 saturated heterocycles. The quantitative estimate of drug-likeness (QED) is 0.111. The van der Waals surface area contributed by atoms with Crippen LogP contribution in [0.3, 0.4) is 0 Å². The predicted molar refractivity (Wildman–Crippen MR) is 169 cm³/mol. The summed E-state index contributed by atoms with van der Waals surface area (Å²) in [5.41, 5.74) is 4.77. The number of amides is 1. The summed E-state index contributed by atoms with van der Waals surface area (Å²) in [6.45, 7) is 11.2. The van der Waals surface area contributed by atoms with Gasteiger partial charge in [0, 0.05) is 34.9 Å². The molecule has 1 unspecified atom stereocenters. The summed E-state index contributed by atoms with van der Waals surface area (Å²) in [5, 5.41) is 3.61. The molecule has 0 radical (unpaired) electrons. The van der Waals surface area contributed by atoms with E-state index in [0.717, 1.165) is 49.7 Å². The van der Waals surface area contributed by atoms with Crippen molar-refractivity contribution in [3.8, 4) is 0 Å². The maximum atomic E-state index is 13.9. The molecule has 1 N–H and O–H groups in total. The van der Waals surface area contributed by atoms with Crippen LogP contribution in [-0.4, -0.2) is 59.2 Å². The number of ketones is 1. The second-order valence-corrected chi connectivity index (χ2v) is 11.6. The highest BCUT2D eigenvalue weighted by molar-refractivity contribution is 6.10. The van der Waals surface area contributed by atoms with Crippen molar-refractivity contribution in [2.24, 2.45) is 0 Å². The van der Waals surface area contributed by atoms with E-state index in [9.17, 15) is 14.4 Å². The van der Waals surface area contributed by atoms with E-state index in [2.05, 4.69) is 38.2 Å². The van der Waals surface area contributed by atoms with Crippen molar-refractivity contribution in [1.82, 2.24) is 14.6 Å². The van der Waals surface area contributed by atoms with Gasteiger partial charge in [-0.05, 0) is 88.7 Å². The fourth-order valence-electron chi connectivity index (χ4n) is 5.25. The molecule has 7 heteroatoms. The molecule has 0 spiro atoms. The Balaban J connectivity index is 1.80. The van der Waals surface area contributed by atoms with E-state index < -0.39 is 5.97 Å². The summed E-state index contributed by atoms with van der Waals surface area (Å²) in [4.78, 5) is 40.6. The average molecular weight is 576 g/mol. The number of aromatic nitrogens is 1. The molecule has 1 aromatic carbocycles. The number of hydrogen-bond donors (Lipinski definition) is 1. The van der Waals surface area contributed by atoms with Crippen LogP contribution >= 0.6 is 0 Å². The zero-order chi connectivity index (χ0) is 30.6. The Morgan fingerprint density at radius 2 is 1.62 bits per heavy atom. The van der Waals surface area contributed by atoms with Gasteiger partial charge in [0.15, 0.2) is 0 Å². The molecule has 42 heavy (non-hydrogen) atoms. The molecule has 0 fully saturated rings. The minimum Gasteiger partial charge on any atom is -0.468 e. The van der Waals surface area contributed by atoms with Gasteiger partial charge in [0.25, 0.3) is 5.91 Å². The van der Waals surface area contributed by atoms with Crippen molar-refractivity contribution in [3.63, 3.8) is 0 Å². The van der Waals surface area contributed by atoms with Gasteiger partial charge < -0.3 is 19.4 Å². The first-order valence-corrected chi connectivity index (χ1v) is 15.6. The van der Waals surface area contributed by atoms with E-state index in [1.807, 2.05) is 42.5 Å². The van der Waals surface area contributed by atoms with Gasteiger partial charge in [-0.15, -0.1) is 0 Å². The van der Waals surface area contributed by atoms with E-state index in [1.54, 1.807) is 12.3 Å². The van der Waals surface area contributed by atoms with E-state index in [0.29, 0.717) is 22.9 Å². The number of benzene rings is 1. The number of nitrogens with one attached hydrogen (secondary N) is 1. The zero-order valence-corrected chi connectivity index (χ0v) is 26.4. The lowest BCUT2D eigenvalue weighted by Gasteiger charge is -2.25. The Morgan fingerprint density at radius 1 is 0.905 bits per heavy atom. The van der Waals surface area contributed by atoms with Gasteiger partial charge in [0.05, 0.1) is 12.8 Å². The molecule has 7 nitrogen and oxygen atoms in total. The number of aryl methyl sites for hydroxylation is 2. The Bertz CT molecular complexity index is 1330. The van der Waals surface area contributed by atoms with Gasteiger partial charge in [0.1, 0.15) is 6.54 Å². The number of carbonyl (C=O) groups is 3. The van der Waals surface area contributed by atoms with Crippen LogP contribution in [0.2, 0.25) is 0 Å². The molecular weight excluding hydrogens is 526 g/mol. The van der Waals surface area contributed by atoms with Crippen LogP contribution < -0.4 is 5.32 Å². The minimum atomic E-state index is -0.463. The number of pyridine rings is 1. The third kappa shape index (κ3) is 8.78. The fourth-order valence-corrected chi connectivity index (χ4v) is 5.25. The van der Waals surface area contributed by atoms with Crippen LogP contribution in [0.5, 0.6) is 0 Å². The molecule has 2 heterocycles. The molecule has 3 rings (SSSR count). The topological polar surface area (TPSA) is 80.1 Å². The summed E-state index contributed by atoms with van der Waals surface area (Å²) in [5.74, 6) is -0.730. The molecule has 1 amide bonds. The minimum absolute atomic E-state index is 0.0207. The number of methoxy groups -OCH3 is 1. The number of unbranched alkanes of at least 4 members (excludes halogenated alkanes) is 2. The van der Waals surface area contributed by atoms with Gasteiger partial charge in [-0.1, -0.05) is 57.4 Å². The van der Waals surface area contributed by atoms with Crippen LogP contribution in [0.25, 0.3) is 5.52 Å². The number of fused-ring (bicyclic) bond motifs is 1. The molecule has 0 aliphatic heterocycles. The largest absolute Gasteiger partial charge is 0.468 e. The molecular formula is C35H49N3O4. The number of rotatable bonds is 17. The zero-order valence-electron chi connectivity index (χ0n) is 26.4. The highest BCUT2D eigenvalue weighted by Gasteiger charge is 2.24. The molecule has 1 atom stereocenters. The first kappa shape index (κ1) is 33.1. The van der Waals surface area contributed by atoms with Crippen LogP contribution in [-0.2, 0) is 22.4 Å². The highest BCUT2D eigenvalue weighted by atomic mass is 16.5. The van der Waals surface area contributed by atoms with Crippen LogP contribution in [0.15, 0.2) is 48.7 Å². The maximum absolute atomic E-state index is 13.9. The van der Waals surface area contributed by atoms with E-state index in [1.165, 1.54) is 36.8 Å². The molecule has 0 saturated carbocycles. The summed E-state index contributed by atoms with van der Waals surface area (Å²) in [6.07, 6.45) is 10.3. The standard InChI is InChI=1S/C35H49N3O4/c1-7-9-12-26(5)36-20-11-13-27-15-17-28(18-16-27)34(40)33-29(14-10-8-2)22-31-23-30(19-21-37(31)33)35(41)38(25(3)4)24-32(39)42-6/h15-19,21-23,25-26,36H,7-14,20,24H2,1-6H3. The van der Waals surface area contributed by atoms with Crippen LogP contribution in [0.4, 0.5) is 0 Å². The van der Waals surface area contributed by atoms with Gasteiger partial charge in [-0.3, -0.25) is 14.4 Å². The average Bonchev–Trinajstić information content (AvgIpc) is 3.36. The Morgan fingerprint density at radius 3 is 2.26 bits per heavy atom. The predicted octanol–water partition coefficient (Wildman–Crippen LogP) is 6.64. The van der Waals surface area contributed by atoms with E-state index in [-0.39, 0.29) is 24.3 Å². The summed E-state index contributed by atoms with van der Waals surface area (Å²) in [6, 6.07) is 13.9. The second kappa shape index (κ2) is 16.3. The van der Waals surface area contributed by atoms with Crippen molar-refractivity contribution in [1.29, 1.82) is 0 Å². The summed E-state index contributed by atoms with van der Waals surface area (Å²) in [7, 11) is 1.32.